The SMILES string of the molecule is COc1ccc(CN2C(=O)[C@H](CC(=O)Nc3ccc(OC)cc3)SC2=Nc2ccc(F)cc2)cc1. The van der Waals surface area contributed by atoms with Crippen molar-refractivity contribution in [2.75, 3.05) is 19.5 Å². The molecule has 3 aromatic rings. The lowest BCUT2D eigenvalue weighted by Crippen LogP contribution is -2.33. The molecule has 0 radical (unpaired) electrons. The number of carbonyl (C=O) groups is 2. The first-order valence-corrected chi connectivity index (χ1v) is 11.7. The summed E-state index contributed by atoms with van der Waals surface area (Å²) in [7, 11) is 3.16. The molecule has 0 bridgehead atoms. The molecule has 1 aliphatic rings. The van der Waals surface area contributed by atoms with Crippen molar-refractivity contribution in [1.29, 1.82) is 0 Å². The molecule has 3 aromatic carbocycles. The number of hydrogen-bond donors (Lipinski definition) is 1. The minimum atomic E-state index is -0.634. The Morgan fingerprint density at radius 2 is 1.57 bits per heavy atom. The summed E-state index contributed by atoms with van der Waals surface area (Å²) < 4.78 is 23.7. The standard InChI is InChI=1S/C26H24FN3O4S/c1-33-21-11-3-17(4-12-21)16-30-25(32)23(35-26(30)29-20-7-5-18(27)6-8-20)15-24(31)28-19-9-13-22(34-2)14-10-19/h3-14,23H,15-16H2,1-2H3,(H,28,31)/t23-/m0/s1. The maximum absolute atomic E-state index is 13.3. The highest BCUT2D eigenvalue weighted by molar-refractivity contribution is 8.15. The van der Waals surface area contributed by atoms with E-state index < -0.39 is 5.25 Å². The summed E-state index contributed by atoms with van der Waals surface area (Å²) in [6.45, 7) is 0.284. The Hall–Kier alpha value is -3.85. The van der Waals surface area contributed by atoms with Crippen LogP contribution in [0.4, 0.5) is 15.8 Å². The van der Waals surface area contributed by atoms with Crippen LogP contribution in [0.5, 0.6) is 11.5 Å². The van der Waals surface area contributed by atoms with Gasteiger partial charge in [0.2, 0.25) is 11.8 Å². The first-order valence-electron chi connectivity index (χ1n) is 10.8. The van der Waals surface area contributed by atoms with Crippen molar-refractivity contribution < 1.29 is 23.5 Å². The fourth-order valence-corrected chi connectivity index (χ4v) is 4.62. The van der Waals surface area contributed by atoms with Gasteiger partial charge in [0, 0.05) is 12.1 Å². The van der Waals surface area contributed by atoms with Gasteiger partial charge in [-0.2, -0.15) is 0 Å². The first kappa shape index (κ1) is 24.3. The van der Waals surface area contributed by atoms with E-state index >= 15 is 0 Å². The van der Waals surface area contributed by atoms with Gasteiger partial charge in [0.05, 0.1) is 26.5 Å². The lowest BCUT2D eigenvalue weighted by molar-refractivity contribution is -0.128. The Labute approximate surface area is 207 Å². The summed E-state index contributed by atoms with van der Waals surface area (Å²) in [5, 5.41) is 2.64. The topological polar surface area (TPSA) is 80.2 Å². The lowest BCUT2D eigenvalue weighted by atomic mass is 10.2. The van der Waals surface area contributed by atoms with Crippen LogP contribution in [0, 0.1) is 5.82 Å². The number of hydrogen-bond acceptors (Lipinski definition) is 6. The molecule has 9 heteroatoms. The molecular weight excluding hydrogens is 469 g/mol. The molecule has 1 saturated heterocycles. The second-order valence-corrected chi connectivity index (χ2v) is 8.90. The summed E-state index contributed by atoms with van der Waals surface area (Å²) in [6.07, 6.45) is -0.0168. The van der Waals surface area contributed by atoms with Crippen molar-refractivity contribution >= 4 is 40.1 Å². The third-order valence-electron chi connectivity index (χ3n) is 5.32. The maximum Gasteiger partial charge on any atom is 0.242 e. The van der Waals surface area contributed by atoms with Crippen LogP contribution in [0.25, 0.3) is 0 Å². The average molecular weight is 494 g/mol. The monoisotopic (exact) mass is 493 g/mol. The molecule has 0 unspecified atom stereocenters. The van der Waals surface area contributed by atoms with Crippen molar-refractivity contribution in [2.24, 2.45) is 4.99 Å². The smallest absolute Gasteiger partial charge is 0.242 e. The zero-order chi connectivity index (χ0) is 24.8. The zero-order valence-corrected chi connectivity index (χ0v) is 20.0. The third kappa shape index (κ3) is 6.19. The van der Waals surface area contributed by atoms with E-state index in [1.54, 1.807) is 55.5 Å². The van der Waals surface area contributed by atoms with Crippen molar-refractivity contribution in [2.45, 2.75) is 18.2 Å². The highest BCUT2D eigenvalue weighted by Crippen LogP contribution is 2.33. The molecule has 0 saturated carbocycles. The Kier molecular flexibility index (Phi) is 7.67. The van der Waals surface area contributed by atoms with Gasteiger partial charge < -0.3 is 14.8 Å². The second kappa shape index (κ2) is 11.1. The summed E-state index contributed by atoms with van der Waals surface area (Å²) in [6, 6.07) is 20.1. The van der Waals surface area contributed by atoms with Gasteiger partial charge in [-0.25, -0.2) is 9.38 Å². The molecule has 0 aromatic heterocycles. The van der Waals surface area contributed by atoms with Crippen LogP contribution in [-0.4, -0.2) is 41.4 Å². The number of halogens is 1. The molecule has 2 amide bonds. The summed E-state index contributed by atoms with van der Waals surface area (Å²) >= 11 is 1.22. The van der Waals surface area contributed by atoms with Crippen molar-refractivity contribution in [3.8, 4) is 11.5 Å². The number of benzene rings is 3. The molecule has 1 heterocycles. The van der Waals surface area contributed by atoms with E-state index in [9.17, 15) is 14.0 Å². The fraction of sp³-hybridized carbons (Fsp3) is 0.192. The van der Waals surface area contributed by atoms with Crippen LogP contribution in [0.2, 0.25) is 0 Å². The van der Waals surface area contributed by atoms with Crippen LogP contribution in [-0.2, 0) is 16.1 Å². The van der Waals surface area contributed by atoms with Gasteiger partial charge in [-0.1, -0.05) is 23.9 Å². The molecular formula is C26H24FN3O4S. The number of ether oxygens (including phenoxy) is 2. The molecule has 180 valence electrons. The molecule has 0 aliphatic carbocycles. The number of nitrogens with one attached hydrogen (secondary N) is 1. The molecule has 7 nitrogen and oxygen atoms in total. The van der Waals surface area contributed by atoms with E-state index in [-0.39, 0.29) is 30.6 Å². The number of rotatable bonds is 8. The van der Waals surface area contributed by atoms with Crippen LogP contribution in [0.3, 0.4) is 0 Å². The third-order valence-corrected chi connectivity index (χ3v) is 6.49. The van der Waals surface area contributed by atoms with Gasteiger partial charge >= 0.3 is 0 Å². The van der Waals surface area contributed by atoms with Crippen molar-refractivity contribution in [1.82, 2.24) is 4.90 Å². The first-order chi connectivity index (χ1) is 16.9. The van der Waals surface area contributed by atoms with E-state index in [0.717, 1.165) is 5.56 Å². The Balaban J connectivity index is 1.52. The predicted octanol–water partition coefficient (Wildman–Crippen LogP) is 5.00. The fourth-order valence-electron chi connectivity index (χ4n) is 3.46. The van der Waals surface area contributed by atoms with Crippen LogP contribution < -0.4 is 14.8 Å². The Morgan fingerprint density at radius 3 is 2.17 bits per heavy atom. The molecule has 4 rings (SSSR count). The highest BCUT2D eigenvalue weighted by Gasteiger charge is 2.39. The maximum atomic E-state index is 13.3. The number of thioether (sulfide) groups is 1. The molecule has 1 N–H and O–H groups in total. The number of amidine groups is 1. The van der Waals surface area contributed by atoms with Gasteiger partial charge in [0.25, 0.3) is 0 Å². The molecule has 1 aliphatic heterocycles. The largest absolute Gasteiger partial charge is 0.497 e. The van der Waals surface area contributed by atoms with E-state index in [1.165, 1.54) is 23.9 Å². The number of carbonyl (C=O) groups excluding carboxylic acids is 2. The summed E-state index contributed by atoms with van der Waals surface area (Å²) in [5.74, 6) is 0.529. The zero-order valence-electron chi connectivity index (χ0n) is 19.2. The van der Waals surface area contributed by atoms with Gasteiger partial charge in [0.1, 0.15) is 22.6 Å². The number of aliphatic imine (C=N–C) groups is 1. The van der Waals surface area contributed by atoms with E-state index in [1.807, 2.05) is 24.3 Å². The number of methoxy groups -OCH3 is 2. The Bertz CT molecular complexity index is 1210. The van der Waals surface area contributed by atoms with E-state index in [0.29, 0.717) is 28.0 Å². The number of anilines is 1. The second-order valence-electron chi connectivity index (χ2n) is 7.73. The van der Waals surface area contributed by atoms with Crippen LogP contribution in [0.15, 0.2) is 77.8 Å². The highest BCUT2D eigenvalue weighted by atomic mass is 32.2. The molecule has 0 spiro atoms. The summed E-state index contributed by atoms with van der Waals surface area (Å²) in [4.78, 5) is 32.1. The normalized spacial score (nSPS) is 16.4. The molecule has 35 heavy (non-hydrogen) atoms. The number of amides is 2. The molecule has 1 atom stereocenters. The van der Waals surface area contributed by atoms with Gasteiger partial charge in [-0.3, -0.25) is 14.5 Å². The predicted molar refractivity (Wildman–Crippen MR) is 135 cm³/mol. The Morgan fingerprint density at radius 1 is 0.971 bits per heavy atom. The van der Waals surface area contributed by atoms with Gasteiger partial charge in [0.15, 0.2) is 5.17 Å². The van der Waals surface area contributed by atoms with Gasteiger partial charge in [-0.05, 0) is 66.2 Å². The minimum Gasteiger partial charge on any atom is -0.497 e. The quantitative estimate of drug-likeness (QED) is 0.478. The average Bonchev–Trinajstić information content (AvgIpc) is 3.15. The van der Waals surface area contributed by atoms with E-state index in [2.05, 4.69) is 10.3 Å². The molecule has 1 fully saturated rings. The minimum absolute atomic E-state index is 0.0168. The van der Waals surface area contributed by atoms with Crippen LogP contribution in [0.1, 0.15) is 12.0 Å². The number of nitrogens with zero attached hydrogens (tertiary/aromatic N) is 2. The van der Waals surface area contributed by atoms with E-state index in [4.69, 9.17) is 9.47 Å². The van der Waals surface area contributed by atoms with Crippen LogP contribution >= 0.6 is 11.8 Å². The summed E-state index contributed by atoms with van der Waals surface area (Å²) in [5.41, 5.74) is 2.01. The van der Waals surface area contributed by atoms with Crippen molar-refractivity contribution in [3.63, 3.8) is 0 Å². The van der Waals surface area contributed by atoms with Crippen molar-refractivity contribution in [3.05, 3.63) is 84.2 Å². The van der Waals surface area contributed by atoms with Gasteiger partial charge in [-0.15, -0.1) is 0 Å². The lowest BCUT2D eigenvalue weighted by Gasteiger charge is -2.17.